The Balaban J connectivity index is 2.11. The van der Waals surface area contributed by atoms with Gasteiger partial charge in [-0.25, -0.2) is 0 Å². The van der Waals surface area contributed by atoms with Crippen LogP contribution in [0.1, 0.15) is 36.9 Å². The predicted molar refractivity (Wildman–Crippen MR) is 76.6 cm³/mol. The number of rotatable bonds is 4. The Bertz CT molecular complexity index is 490. The van der Waals surface area contributed by atoms with Crippen molar-refractivity contribution >= 4 is 5.91 Å². The molecule has 3 heteroatoms. The van der Waals surface area contributed by atoms with Gasteiger partial charge < -0.3 is 10.6 Å². The van der Waals surface area contributed by atoms with Gasteiger partial charge in [-0.05, 0) is 24.0 Å². The molecule has 1 aliphatic heterocycles. The molecule has 2 atom stereocenters. The summed E-state index contributed by atoms with van der Waals surface area (Å²) in [6.45, 7) is 2.88. The summed E-state index contributed by atoms with van der Waals surface area (Å²) in [6, 6.07) is 7.63. The van der Waals surface area contributed by atoms with Crippen LogP contribution in [0.25, 0.3) is 0 Å². The van der Waals surface area contributed by atoms with Crippen LogP contribution >= 0.6 is 0 Å². The second kappa shape index (κ2) is 6.40. The third-order valence-electron chi connectivity index (χ3n) is 3.47. The molecule has 0 bridgehead atoms. The Morgan fingerprint density at radius 2 is 2.37 bits per heavy atom. The lowest BCUT2D eigenvalue weighted by Gasteiger charge is -2.27. The first-order chi connectivity index (χ1) is 9.26. The van der Waals surface area contributed by atoms with E-state index in [1.54, 1.807) is 0 Å². The van der Waals surface area contributed by atoms with Crippen molar-refractivity contribution in [2.24, 2.45) is 0 Å². The minimum atomic E-state index is -0.280. The molecule has 100 valence electrons. The van der Waals surface area contributed by atoms with Crippen LogP contribution in [0.5, 0.6) is 0 Å². The molecular formula is C16H20N2O. The number of benzene rings is 1. The molecule has 3 nitrogen and oxygen atoms in total. The molecule has 2 rings (SSSR count). The van der Waals surface area contributed by atoms with Gasteiger partial charge in [0.05, 0.1) is 6.04 Å². The van der Waals surface area contributed by atoms with Crippen molar-refractivity contribution in [2.75, 3.05) is 6.54 Å². The molecule has 0 fully saturated rings. The number of hydrogen-bond donors (Lipinski definition) is 2. The van der Waals surface area contributed by atoms with E-state index in [-0.39, 0.29) is 18.0 Å². The number of nitrogens with one attached hydrogen (secondary N) is 2. The normalized spacial score (nSPS) is 19.1. The highest BCUT2D eigenvalue weighted by Gasteiger charge is 2.26. The van der Waals surface area contributed by atoms with E-state index < -0.39 is 0 Å². The Morgan fingerprint density at radius 1 is 1.58 bits per heavy atom. The number of fused-ring (bicyclic) bond motifs is 1. The van der Waals surface area contributed by atoms with E-state index in [0.29, 0.717) is 0 Å². The molecule has 0 aliphatic carbocycles. The first-order valence-electron chi connectivity index (χ1n) is 6.84. The van der Waals surface area contributed by atoms with Crippen LogP contribution in [0.3, 0.4) is 0 Å². The summed E-state index contributed by atoms with van der Waals surface area (Å²) in [7, 11) is 0. The topological polar surface area (TPSA) is 41.1 Å². The van der Waals surface area contributed by atoms with E-state index in [2.05, 4.69) is 29.5 Å². The average molecular weight is 256 g/mol. The summed E-state index contributed by atoms with van der Waals surface area (Å²) < 4.78 is 0. The quantitative estimate of drug-likeness (QED) is 0.806. The van der Waals surface area contributed by atoms with E-state index in [1.165, 1.54) is 5.56 Å². The third-order valence-corrected chi connectivity index (χ3v) is 3.47. The molecular weight excluding hydrogens is 236 g/mol. The number of carbonyl (C=O) groups excluding carboxylic acids is 1. The molecule has 0 saturated heterocycles. The largest absolute Gasteiger partial charge is 0.341 e. The first-order valence-corrected chi connectivity index (χ1v) is 6.84. The van der Waals surface area contributed by atoms with Crippen molar-refractivity contribution in [1.82, 2.24) is 10.6 Å². The smallest absolute Gasteiger partial charge is 0.242 e. The van der Waals surface area contributed by atoms with Crippen LogP contribution < -0.4 is 10.6 Å². The van der Waals surface area contributed by atoms with Crippen LogP contribution in [-0.4, -0.2) is 18.5 Å². The van der Waals surface area contributed by atoms with Crippen molar-refractivity contribution in [2.45, 2.75) is 38.3 Å². The maximum absolute atomic E-state index is 12.3. The van der Waals surface area contributed by atoms with Gasteiger partial charge in [0.2, 0.25) is 5.91 Å². The molecule has 2 N–H and O–H groups in total. The predicted octanol–water partition coefficient (Wildman–Crippen LogP) is 1.79. The fraction of sp³-hybridized carbons (Fsp3) is 0.438. The zero-order chi connectivity index (χ0) is 13.7. The van der Waals surface area contributed by atoms with E-state index in [9.17, 15) is 4.79 Å². The van der Waals surface area contributed by atoms with E-state index in [4.69, 9.17) is 6.42 Å². The van der Waals surface area contributed by atoms with Gasteiger partial charge in [-0.3, -0.25) is 4.79 Å². The summed E-state index contributed by atoms with van der Waals surface area (Å²) in [5.41, 5.74) is 2.31. The molecule has 1 aromatic rings. The first kappa shape index (κ1) is 13.6. The summed E-state index contributed by atoms with van der Waals surface area (Å²) in [4.78, 5) is 12.3. The van der Waals surface area contributed by atoms with Crippen molar-refractivity contribution in [1.29, 1.82) is 0 Å². The van der Waals surface area contributed by atoms with Crippen LogP contribution in [-0.2, 0) is 11.2 Å². The zero-order valence-electron chi connectivity index (χ0n) is 11.3. The van der Waals surface area contributed by atoms with Gasteiger partial charge in [-0.2, -0.15) is 0 Å². The number of terminal acetylenes is 1. The fourth-order valence-electron chi connectivity index (χ4n) is 2.48. The van der Waals surface area contributed by atoms with Gasteiger partial charge in [0, 0.05) is 6.54 Å². The molecule has 2 unspecified atom stereocenters. The SMILES string of the molecule is C#CC(CCC)NC(=O)C1NCCc2ccccc21. The van der Waals surface area contributed by atoms with Gasteiger partial charge in [0.25, 0.3) is 0 Å². The van der Waals surface area contributed by atoms with Crippen LogP contribution in [0.2, 0.25) is 0 Å². The van der Waals surface area contributed by atoms with E-state index in [0.717, 1.165) is 31.4 Å². The number of hydrogen-bond acceptors (Lipinski definition) is 2. The Morgan fingerprint density at radius 3 is 3.11 bits per heavy atom. The van der Waals surface area contributed by atoms with Crippen molar-refractivity contribution in [3.05, 3.63) is 35.4 Å². The molecule has 0 saturated carbocycles. The monoisotopic (exact) mass is 256 g/mol. The highest BCUT2D eigenvalue weighted by atomic mass is 16.2. The zero-order valence-corrected chi connectivity index (χ0v) is 11.3. The lowest BCUT2D eigenvalue weighted by Crippen LogP contribution is -2.44. The van der Waals surface area contributed by atoms with Crippen LogP contribution in [0, 0.1) is 12.3 Å². The molecule has 19 heavy (non-hydrogen) atoms. The minimum absolute atomic E-state index is 0.0245. The van der Waals surface area contributed by atoms with Gasteiger partial charge in [-0.1, -0.05) is 43.5 Å². The molecule has 1 heterocycles. The van der Waals surface area contributed by atoms with Crippen LogP contribution in [0.15, 0.2) is 24.3 Å². The molecule has 0 radical (unpaired) electrons. The van der Waals surface area contributed by atoms with Gasteiger partial charge in [0.15, 0.2) is 0 Å². The average Bonchev–Trinajstić information content (AvgIpc) is 2.46. The van der Waals surface area contributed by atoms with Gasteiger partial charge >= 0.3 is 0 Å². The minimum Gasteiger partial charge on any atom is -0.341 e. The summed E-state index contributed by atoms with van der Waals surface area (Å²) in [6.07, 6.45) is 8.19. The lowest BCUT2D eigenvalue weighted by atomic mass is 9.93. The van der Waals surface area contributed by atoms with Crippen LogP contribution in [0.4, 0.5) is 0 Å². The highest BCUT2D eigenvalue weighted by molar-refractivity contribution is 5.84. The second-order valence-corrected chi connectivity index (χ2v) is 4.85. The van der Waals surface area contributed by atoms with E-state index in [1.807, 2.05) is 18.2 Å². The molecule has 0 aromatic heterocycles. The standard InChI is InChI=1S/C16H20N2O/c1-3-7-13(4-2)18-16(19)15-14-9-6-5-8-12(14)10-11-17-15/h2,5-6,8-9,13,15,17H,3,7,10-11H2,1H3,(H,18,19). The van der Waals surface area contributed by atoms with Gasteiger partial charge in [-0.15, -0.1) is 6.42 Å². The van der Waals surface area contributed by atoms with Gasteiger partial charge in [0.1, 0.15) is 6.04 Å². The molecule has 0 spiro atoms. The van der Waals surface area contributed by atoms with Crippen molar-refractivity contribution in [3.63, 3.8) is 0 Å². The highest BCUT2D eigenvalue weighted by Crippen LogP contribution is 2.22. The third kappa shape index (κ3) is 3.15. The number of carbonyl (C=O) groups is 1. The van der Waals surface area contributed by atoms with Crippen molar-refractivity contribution < 1.29 is 4.79 Å². The maximum atomic E-state index is 12.3. The summed E-state index contributed by atoms with van der Waals surface area (Å²) in [5, 5.41) is 6.21. The Kier molecular flexibility index (Phi) is 4.59. The Hall–Kier alpha value is -1.79. The molecule has 1 amide bonds. The van der Waals surface area contributed by atoms with Crippen molar-refractivity contribution in [3.8, 4) is 12.3 Å². The summed E-state index contributed by atoms with van der Waals surface area (Å²) in [5.74, 6) is 2.61. The van der Waals surface area contributed by atoms with E-state index >= 15 is 0 Å². The number of amides is 1. The second-order valence-electron chi connectivity index (χ2n) is 4.85. The fourth-order valence-corrected chi connectivity index (χ4v) is 2.48. The maximum Gasteiger partial charge on any atom is 0.242 e. The molecule has 1 aliphatic rings. The summed E-state index contributed by atoms with van der Waals surface area (Å²) >= 11 is 0. The lowest BCUT2D eigenvalue weighted by molar-refractivity contribution is -0.123. The molecule has 1 aromatic carbocycles. The Labute approximate surface area is 114 Å².